The smallest absolute Gasteiger partial charge is 0.481 e. The summed E-state index contributed by atoms with van der Waals surface area (Å²) in [4.78, 5) is 112. The van der Waals surface area contributed by atoms with E-state index in [1.54, 1.807) is 7.05 Å². The van der Waals surface area contributed by atoms with E-state index < -0.39 is 66.2 Å². The highest BCUT2D eigenvalue weighted by Crippen LogP contribution is 2.51. The highest BCUT2D eigenvalue weighted by molar-refractivity contribution is 5.80. The highest BCUT2D eigenvalue weighted by atomic mass is 16.7. The molecule has 3 fully saturated rings. The SMILES string of the molecule is CNC(CCCCNC(=O)NC1CC(C)(C)CC(C)(CCC(=O)OCC(C)(COC(=O)CC2CC(C)(C)CC(C)(CNC(=O)OC(=O)OCCCCCCOC(=O)CCC3(C)CC(NC(C)=O)CC(C)(C)C3)C2)C(=O)O)C1)C(=O)O. The molecule has 0 aromatic rings. The number of hydrogen-bond donors (Lipinski definition) is 7. The zero-order valence-corrected chi connectivity index (χ0v) is 50.5. The Kier molecular flexibility index (Phi) is 26.5. The molecular weight excluding hydrogens is 1030 g/mol. The fourth-order valence-corrected chi connectivity index (χ4v) is 13.8. The number of likely N-dealkylation sites (N-methyl/N-ethyl adjacent to an activating group) is 1. The molecule has 3 aliphatic carbocycles. The maximum atomic E-state index is 13.3. The molecule has 0 aromatic heterocycles. The standard InChI is InChI=1S/C59H101N5O16/c1-40(65)63-42-30-54(4,5)34-56(8,32-42)22-20-45(66)76-25-17-13-14-18-26-77-52(75)80-51(74)62-37-58(10)29-41(28-53(2,3)36-58)27-47(68)79-39-59(11,49(71)72)38-78-46(67)21-23-57(9)33-43(31-55(6,7)35-57)64-50(73)61-24-16-15-19-44(60-12)48(69)70/h41-44,60H,13-39H2,1-12H3,(H,62,74)(H,63,65)(H,69,70)(H,71,72)(H2,61,64,73). The molecular formula is C59H101N5O16. The number of hydrogen-bond acceptors (Lipinski definition) is 15. The number of amides is 4. The molecule has 0 aliphatic heterocycles. The molecule has 3 saturated carbocycles. The number of carbonyl (C=O) groups excluding carboxylic acids is 7. The van der Waals surface area contributed by atoms with Crippen LogP contribution >= 0.6 is 0 Å². The molecule has 3 rings (SSSR count). The van der Waals surface area contributed by atoms with Crippen LogP contribution in [0.3, 0.4) is 0 Å². The molecule has 21 heteroatoms. The summed E-state index contributed by atoms with van der Waals surface area (Å²) >= 11 is 0. The van der Waals surface area contributed by atoms with Gasteiger partial charge in [0.05, 0.1) is 13.2 Å². The minimum absolute atomic E-state index is 0.00355. The number of carbonyl (C=O) groups is 9. The lowest BCUT2D eigenvalue weighted by Crippen LogP contribution is -2.50. The molecule has 0 spiro atoms. The molecule has 8 unspecified atom stereocenters. The second kappa shape index (κ2) is 30.7. The Balaban J connectivity index is 1.34. The minimum atomic E-state index is -1.71. The summed E-state index contributed by atoms with van der Waals surface area (Å²) in [6.45, 7) is 21.7. The summed E-state index contributed by atoms with van der Waals surface area (Å²) in [5.74, 6) is -3.84. The molecule has 21 nitrogen and oxygen atoms in total. The monoisotopic (exact) mass is 1140 g/mol. The first-order valence-corrected chi connectivity index (χ1v) is 29.1. The Bertz CT molecular complexity index is 2120. The number of rotatable bonds is 31. The summed E-state index contributed by atoms with van der Waals surface area (Å²) in [5.41, 5.74) is -2.93. The van der Waals surface area contributed by atoms with Gasteiger partial charge < -0.3 is 60.5 Å². The second-order valence-corrected chi connectivity index (χ2v) is 27.6. The predicted molar refractivity (Wildman–Crippen MR) is 299 cm³/mol. The lowest BCUT2D eigenvalue weighted by Gasteiger charge is -2.47. The zero-order valence-electron chi connectivity index (χ0n) is 50.5. The fourth-order valence-electron chi connectivity index (χ4n) is 13.8. The third-order valence-corrected chi connectivity index (χ3v) is 16.3. The van der Waals surface area contributed by atoms with Gasteiger partial charge in [0.2, 0.25) is 5.91 Å². The average molecular weight is 1140 g/mol. The van der Waals surface area contributed by atoms with Crippen molar-refractivity contribution >= 4 is 54.0 Å². The van der Waals surface area contributed by atoms with Crippen molar-refractivity contribution in [2.75, 3.05) is 46.6 Å². The van der Waals surface area contributed by atoms with E-state index in [0.717, 1.165) is 38.5 Å². The summed E-state index contributed by atoms with van der Waals surface area (Å²) in [6, 6.07) is -1.00. The summed E-state index contributed by atoms with van der Waals surface area (Å²) in [6.07, 6.45) is 10.5. The van der Waals surface area contributed by atoms with Gasteiger partial charge in [-0.05, 0) is 168 Å². The zero-order chi connectivity index (χ0) is 60.2. The van der Waals surface area contributed by atoms with E-state index >= 15 is 0 Å². The number of carboxylic acids is 2. The highest BCUT2D eigenvalue weighted by Gasteiger charge is 2.45. The van der Waals surface area contributed by atoms with Crippen LogP contribution in [0.15, 0.2) is 0 Å². The predicted octanol–water partition coefficient (Wildman–Crippen LogP) is 9.36. The second-order valence-electron chi connectivity index (χ2n) is 27.6. The van der Waals surface area contributed by atoms with Crippen molar-refractivity contribution in [2.45, 2.75) is 229 Å². The van der Waals surface area contributed by atoms with Crippen LogP contribution in [0, 0.1) is 43.8 Å². The molecule has 0 saturated heterocycles. The van der Waals surface area contributed by atoms with Gasteiger partial charge in [-0.2, -0.15) is 0 Å². The van der Waals surface area contributed by atoms with Crippen LogP contribution in [-0.4, -0.2) is 129 Å². The first-order chi connectivity index (χ1) is 37.1. The molecule has 4 amide bonds. The van der Waals surface area contributed by atoms with Gasteiger partial charge in [0.1, 0.15) is 24.7 Å². The van der Waals surface area contributed by atoms with E-state index in [9.17, 15) is 53.4 Å². The molecule has 0 radical (unpaired) electrons. The van der Waals surface area contributed by atoms with Crippen LogP contribution < -0.4 is 26.6 Å². The first-order valence-electron chi connectivity index (χ1n) is 29.1. The molecule has 8 atom stereocenters. The summed E-state index contributed by atoms with van der Waals surface area (Å²) < 4.78 is 26.5. The Morgan fingerprint density at radius 3 is 1.64 bits per heavy atom. The maximum absolute atomic E-state index is 13.3. The quantitative estimate of drug-likeness (QED) is 0.0147. The molecule has 0 aromatic carbocycles. The normalized spacial score (nSPS) is 25.9. The molecule has 3 aliphatic rings. The van der Waals surface area contributed by atoms with E-state index in [-0.39, 0.29) is 89.0 Å². The Hall–Kier alpha value is -5.21. The average Bonchev–Trinajstić information content (AvgIpc) is 3.30. The van der Waals surface area contributed by atoms with Gasteiger partial charge >= 0.3 is 48.1 Å². The maximum Gasteiger partial charge on any atom is 0.517 e. The molecule has 7 N–H and O–H groups in total. The third kappa shape index (κ3) is 26.1. The number of urea groups is 1. The Morgan fingerprint density at radius 2 is 1.10 bits per heavy atom. The largest absolute Gasteiger partial charge is 0.517 e. The third-order valence-electron chi connectivity index (χ3n) is 16.3. The lowest BCUT2D eigenvalue weighted by atomic mass is 9.60. The van der Waals surface area contributed by atoms with Crippen LogP contribution in [0.4, 0.5) is 14.4 Å². The molecule has 80 heavy (non-hydrogen) atoms. The van der Waals surface area contributed by atoms with E-state index in [2.05, 4.69) is 82.0 Å². The number of carboxylic acid groups (broad SMARTS) is 2. The fraction of sp³-hybridized carbons (Fsp3) is 0.847. The van der Waals surface area contributed by atoms with Crippen LogP contribution in [-0.2, 0) is 52.5 Å². The number of alkyl carbamates (subject to hydrolysis) is 1. The molecule has 458 valence electrons. The van der Waals surface area contributed by atoms with Crippen LogP contribution in [0.1, 0.15) is 211 Å². The number of ether oxygens (including phenoxy) is 5. The van der Waals surface area contributed by atoms with Gasteiger partial charge in [0, 0.05) is 51.4 Å². The van der Waals surface area contributed by atoms with Crippen molar-refractivity contribution in [3.63, 3.8) is 0 Å². The number of nitrogens with one attached hydrogen (secondary N) is 5. The summed E-state index contributed by atoms with van der Waals surface area (Å²) in [5, 5.41) is 33.8. The van der Waals surface area contributed by atoms with Crippen molar-refractivity contribution in [1.82, 2.24) is 26.6 Å². The minimum Gasteiger partial charge on any atom is -0.481 e. The van der Waals surface area contributed by atoms with Gasteiger partial charge in [-0.1, -0.05) is 62.3 Å². The van der Waals surface area contributed by atoms with Crippen LogP contribution in [0.5, 0.6) is 0 Å². The van der Waals surface area contributed by atoms with Crippen LogP contribution in [0.2, 0.25) is 0 Å². The van der Waals surface area contributed by atoms with Crippen molar-refractivity contribution in [1.29, 1.82) is 0 Å². The molecule has 0 bridgehead atoms. The molecule has 0 heterocycles. The van der Waals surface area contributed by atoms with Gasteiger partial charge in [0.15, 0.2) is 0 Å². The van der Waals surface area contributed by atoms with Gasteiger partial charge in [-0.15, -0.1) is 0 Å². The van der Waals surface area contributed by atoms with Gasteiger partial charge in [0.25, 0.3) is 0 Å². The number of aliphatic carboxylic acids is 2. The van der Waals surface area contributed by atoms with E-state index in [1.165, 1.54) is 13.8 Å². The Labute approximate surface area is 475 Å². The Morgan fingerprint density at radius 1 is 0.588 bits per heavy atom. The van der Waals surface area contributed by atoms with Crippen molar-refractivity contribution in [2.24, 2.45) is 43.8 Å². The summed E-state index contributed by atoms with van der Waals surface area (Å²) in [7, 11) is 1.60. The van der Waals surface area contributed by atoms with Gasteiger partial charge in [-0.25, -0.2) is 14.4 Å². The van der Waals surface area contributed by atoms with Crippen molar-refractivity contribution < 1.29 is 77.0 Å². The van der Waals surface area contributed by atoms with Gasteiger partial charge in [-0.3, -0.25) is 28.8 Å². The number of esters is 3. The topological polar surface area (TPSA) is 300 Å². The van der Waals surface area contributed by atoms with Crippen molar-refractivity contribution in [3.8, 4) is 0 Å². The van der Waals surface area contributed by atoms with Crippen molar-refractivity contribution in [3.05, 3.63) is 0 Å². The lowest BCUT2D eigenvalue weighted by molar-refractivity contribution is -0.166. The van der Waals surface area contributed by atoms with Crippen LogP contribution in [0.25, 0.3) is 0 Å². The number of unbranched alkanes of at least 4 members (excludes halogenated alkanes) is 4. The van der Waals surface area contributed by atoms with E-state index in [0.29, 0.717) is 96.6 Å². The van der Waals surface area contributed by atoms with E-state index in [1.807, 2.05) is 6.92 Å². The first kappa shape index (κ1) is 69.1. The van der Waals surface area contributed by atoms with E-state index in [4.69, 9.17) is 23.7 Å².